The van der Waals surface area contributed by atoms with Gasteiger partial charge >= 0.3 is 39.5 Å². The lowest BCUT2D eigenvalue weighted by atomic mass is 9.99. The average Bonchev–Trinajstić information content (AvgIpc) is 3.40. The van der Waals surface area contributed by atoms with Gasteiger partial charge in [0.05, 0.1) is 26.4 Å². The average molecular weight is 1370 g/mol. The normalized spacial score (nSPS) is 15.1. The first-order valence-electron chi connectivity index (χ1n) is 38.3. The van der Waals surface area contributed by atoms with E-state index in [1.165, 1.54) is 167 Å². The Kier molecular flexibility index (Phi) is 62.2. The Hall–Kier alpha value is -1.94. The maximum atomic E-state index is 13.1. The van der Waals surface area contributed by atoms with Crippen LogP contribution in [-0.2, 0) is 65.4 Å². The number of unbranched alkanes of at least 4 members (excludes halogenated alkanes) is 34. The third kappa shape index (κ3) is 64.5. The topological polar surface area (TPSA) is 237 Å². The Morgan fingerprint density at radius 1 is 0.301 bits per heavy atom. The van der Waals surface area contributed by atoms with Crippen LogP contribution in [0.5, 0.6) is 0 Å². The summed E-state index contributed by atoms with van der Waals surface area (Å²) in [5.74, 6) is 0.982. The summed E-state index contributed by atoms with van der Waals surface area (Å²) in [6, 6.07) is 0. The molecule has 0 rings (SSSR count). The standard InChI is InChI=1S/C74H144O17P2/c1-9-65(6)51-43-35-27-21-18-19-23-31-41-49-57-74(79)91-70(61-85-72(77)55-47-39-33-32-37-45-53-67(8)11-3)63-89-93(82,83)87-59-68(75)58-86-92(80,81)88-62-69(60-84-71(76)54-46-38-29-25-24-28-36-44-52-66(7)10-2)90-73(78)56-48-40-30-22-17-15-13-12-14-16-20-26-34-42-50-64(4)5/h64-70,75H,9-63H2,1-8H3,(H,80,81)(H,82,83)/t65?,66?,67?,68-,69-,70-/m1/s1. The van der Waals surface area contributed by atoms with Crippen LogP contribution in [0.1, 0.15) is 370 Å². The summed E-state index contributed by atoms with van der Waals surface area (Å²) in [5, 5.41) is 10.6. The van der Waals surface area contributed by atoms with E-state index in [2.05, 4.69) is 55.4 Å². The number of rotatable bonds is 71. The molecular formula is C74H144O17P2. The van der Waals surface area contributed by atoms with Crippen molar-refractivity contribution in [2.24, 2.45) is 23.7 Å². The summed E-state index contributed by atoms with van der Waals surface area (Å²) in [5.41, 5.74) is 0. The van der Waals surface area contributed by atoms with Gasteiger partial charge in [-0.05, 0) is 49.4 Å². The quantitative estimate of drug-likeness (QED) is 0.0222. The lowest BCUT2D eigenvalue weighted by Gasteiger charge is -2.21. The molecule has 0 aliphatic rings. The van der Waals surface area contributed by atoms with E-state index >= 15 is 0 Å². The van der Waals surface area contributed by atoms with E-state index in [1.54, 1.807) is 0 Å². The molecule has 0 spiro atoms. The van der Waals surface area contributed by atoms with Crippen LogP contribution in [0.4, 0.5) is 0 Å². The summed E-state index contributed by atoms with van der Waals surface area (Å²) in [6.07, 6.45) is 47.0. The Labute approximate surface area is 568 Å². The van der Waals surface area contributed by atoms with Crippen molar-refractivity contribution in [3.05, 3.63) is 0 Å². The zero-order chi connectivity index (χ0) is 68.9. The first-order chi connectivity index (χ1) is 44.7. The molecule has 0 radical (unpaired) electrons. The van der Waals surface area contributed by atoms with Crippen molar-refractivity contribution in [3.63, 3.8) is 0 Å². The van der Waals surface area contributed by atoms with Crippen LogP contribution in [0, 0.1) is 23.7 Å². The third-order valence-corrected chi connectivity index (χ3v) is 20.1. The number of hydrogen-bond acceptors (Lipinski definition) is 15. The van der Waals surface area contributed by atoms with Crippen LogP contribution in [-0.4, -0.2) is 96.7 Å². The number of hydrogen-bond donors (Lipinski definition) is 3. The van der Waals surface area contributed by atoms with Gasteiger partial charge in [0.1, 0.15) is 19.3 Å². The smallest absolute Gasteiger partial charge is 0.462 e. The molecular weight excluding hydrogens is 1220 g/mol. The van der Waals surface area contributed by atoms with Crippen LogP contribution in [0.2, 0.25) is 0 Å². The van der Waals surface area contributed by atoms with Crippen molar-refractivity contribution in [2.45, 2.75) is 388 Å². The monoisotopic (exact) mass is 1370 g/mol. The van der Waals surface area contributed by atoms with Crippen LogP contribution < -0.4 is 0 Å². The molecule has 0 amide bonds. The third-order valence-electron chi connectivity index (χ3n) is 18.2. The Bertz CT molecular complexity index is 1840. The molecule has 19 heteroatoms. The number of phosphoric ester groups is 2. The lowest BCUT2D eigenvalue weighted by Crippen LogP contribution is -2.30. The Morgan fingerprint density at radius 3 is 0.763 bits per heavy atom. The molecule has 0 heterocycles. The predicted molar refractivity (Wildman–Crippen MR) is 377 cm³/mol. The van der Waals surface area contributed by atoms with E-state index in [0.717, 1.165) is 120 Å². The highest BCUT2D eigenvalue weighted by Gasteiger charge is 2.30. The predicted octanol–water partition coefficient (Wildman–Crippen LogP) is 21.3. The van der Waals surface area contributed by atoms with Gasteiger partial charge < -0.3 is 33.8 Å². The van der Waals surface area contributed by atoms with Crippen LogP contribution >= 0.6 is 15.6 Å². The fourth-order valence-electron chi connectivity index (χ4n) is 11.1. The van der Waals surface area contributed by atoms with E-state index in [-0.39, 0.29) is 25.7 Å². The molecule has 552 valence electrons. The molecule has 93 heavy (non-hydrogen) atoms. The molecule has 0 fully saturated rings. The molecule has 0 aromatic carbocycles. The highest BCUT2D eigenvalue weighted by Crippen LogP contribution is 2.45. The molecule has 8 atom stereocenters. The lowest BCUT2D eigenvalue weighted by molar-refractivity contribution is -0.161. The van der Waals surface area contributed by atoms with Crippen molar-refractivity contribution in [1.82, 2.24) is 0 Å². The molecule has 0 saturated carbocycles. The molecule has 0 aromatic rings. The van der Waals surface area contributed by atoms with Gasteiger partial charge in [-0.15, -0.1) is 0 Å². The number of esters is 4. The maximum absolute atomic E-state index is 13.1. The highest BCUT2D eigenvalue weighted by atomic mass is 31.2. The van der Waals surface area contributed by atoms with Crippen LogP contribution in [0.15, 0.2) is 0 Å². The van der Waals surface area contributed by atoms with E-state index in [9.17, 15) is 43.2 Å². The SMILES string of the molecule is CCC(C)CCCCCCCCCCCCC(=O)O[C@H](COC(=O)CCCCCCCCC(C)CC)COP(=O)(O)OC[C@H](O)COP(=O)(O)OC[C@@H](COC(=O)CCCCCCCCCCC(C)CC)OC(=O)CCCCCCCCCCCCCCCCC(C)C. The molecule has 0 aliphatic carbocycles. The van der Waals surface area contributed by atoms with Gasteiger partial charge in [0.2, 0.25) is 0 Å². The van der Waals surface area contributed by atoms with Gasteiger partial charge in [-0.25, -0.2) is 9.13 Å². The van der Waals surface area contributed by atoms with Crippen LogP contribution in [0.25, 0.3) is 0 Å². The zero-order valence-corrected chi connectivity index (χ0v) is 62.7. The number of carbonyl (C=O) groups excluding carboxylic acids is 4. The van der Waals surface area contributed by atoms with Crippen molar-refractivity contribution < 1.29 is 80.2 Å². The van der Waals surface area contributed by atoms with Crippen molar-refractivity contribution in [2.75, 3.05) is 39.6 Å². The van der Waals surface area contributed by atoms with E-state index < -0.39 is 97.5 Å². The van der Waals surface area contributed by atoms with Gasteiger partial charge in [-0.3, -0.25) is 37.3 Å². The minimum atomic E-state index is -4.96. The fourth-order valence-corrected chi connectivity index (χ4v) is 12.7. The van der Waals surface area contributed by atoms with Crippen molar-refractivity contribution >= 4 is 39.5 Å². The number of ether oxygens (including phenoxy) is 4. The van der Waals surface area contributed by atoms with Crippen molar-refractivity contribution in [3.8, 4) is 0 Å². The second-order valence-electron chi connectivity index (χ2n) is 27.9. The number of aliphatic hydroxyl groups is 1. The fraction of sp³-hybridized carbons (Fsp3) is 0.946. The Balaban J connectivity index is 5.26. The molecule has 0 saturated heterocycles. The molecule has 5 unspecified atom stereocenters. The van der Waals surface area contributed by atoms with E-state index in [1.807, 2.05) is 0 Å². The van der Waals surface area contributed by atoms with Gasteiger partial charge in [-0.2, -0.15) is 0 Å². The highest BCUT2D eigenvalue weighted by molar-refractivity contribution is 7.47. The van der Waals surface area contributed by atoms with E-state index in [0.29, 0.717) is 25.7 Å². The summed E-state index contributed by atoms with van der Waals surface area (Å²) in [4.78, 5) is 72.7. The summed E-state index contributed by atoms with van der Waals surface area (Å²) in [7, 11) is -9.91. The maximum Gasteiger partial charge on any atom is 0.472 e. The largest absolute Gasteiger partial charge is 0.472 e. The van der Waals surface area contributed by atoms with Gasteiger partial charge in [-0.1, -0.05) is 319 Å². The summed E-state index contributed by atoms with van der Waals surface area (Å²) in [6.45, 7) is 14.2. The molecule has 3 N–H and O–H groups in total. The summed E-state index contributed by atoms with van der Waals surface area (Å²) < 4.78 is 68.5. The summed E-state index contributed by atoms with van der Waals surface area (Å²) >= 11 is 0. The number of carbonyl (C=O) groups is 4. The zero-order valence-electron chi connectivity index (χ0n) is 60.9. The first kappa shape index (κ1) is 91.1. The second-order valence-corrected chi connectivity index (χ2v) is 30.8. The minimum absolute atomic E-state index is 0.105. The van der Waals surface area contributed by atoms with E-state index in [4.69, 9.17) is 37.0 Å². The second kappa shape index (κ2) is 63.5. The van der Waals surface area contributed by atoms with Gasteiger partial charge in [0.25, 0.3) is 0 Å². The molecule has 0 aromatic heterocycles. The molecule has 0 bridgehead atoms. The van der Waals surface area contributed by atoms with Gasteiger partial charge in [0, 0.05) is 25.7 Å². The Morgan fingerprint density at radius 2 is 0.516 bits per heavy atom. The van der Waals surface area contributed by atoms with Crippen LogP contribution in [0.3, 0.4) is 0 Å². The molecule has 0 aliphatic heterocycles. The first-order valence-corrected chi connectivity index (χ1v) is 41.3. The minimum Gasteiger partial charge on any atom is -0.462 e. The number of phosphoric acid groups is 2. The van der Waals surface area contributed by atoms with Gasteiger partial charge in [0.15, 0.2) is 12.2 Å². The molecule has 17 nitrogen and oxygen atoms in total. The van der Waals surface area contributed by atoms with Crippen molar-refractivity contribution in [1.29, 1.82) is 0 Å². The number of aliphatic hydroxyl groups excluding tert-OH is 1.